The van der Waals surface area contributed by atoms with Gasteiger partial charge >= 0.3 is 0 Å². The van der Waals surface area contributed by atoms with Crippen LogP contribution in [0.1, 0.15) is 55.3 Å². The second kappa shape index (κ2) is 6.62. The number of carbonyl (C=O) groups excluding carboxylic acids is 1. The van der Waals surface area contributed by atoms with Gasteiger partial charge in [0.05, 0.1) is 5.41 Å². The Bertz CT molecular complexity index is 728. The smallest absolute Gasteiger partial charge is 0.229 e. The highest BCUT2D eigenvalue weighted by molar-refractivity contribution is 5.84. The van der Waals surface area contributed by atoms with Crippen LogP contribution in [0.15, 0.2) is 34.9 Å². The van der Waals surface area contributed by atoms with E-state index in [0.29, 0.717) is 11.7 Å². The number of benzene rings is 1. The topological polar surface area (TPSA) is 59.2 Å². The third-order valence-electron chi connectivity index (χ3n) is 5.82. The Labute approximate surface area is 148 Å². The fourth-order valence-electron chi connectivity index (χ4n) is 4.20. The van der Waals surface area contributed by atoms with Crippen LogP contribution in [0, 0.1) is 12.3 Å². The van der Waals surface area contributed by atoms with Crippen molar-refractivity contribution in [3.63, 3.8) is 0 Å². The van der Waals surface area contributed by atoms with Gasteiger partial charge in [-0.05, 0) is 44.6 Å². The standard InChI is InChI=1S/C20H25N3O2/c1-15-21-18(25-22-15)17-8-12-23(13-9-17)19(24)20(10-5-11-20)14-16-6-3-2-4-7-16/h2-4,6-7,17H,5,8-14H2,1H3. The lowest BCUT2D eigenvalue weighted by Gasteiger charge is -2.45. The van der Waals surface area contributed by atoms with E-state index in [1.54, 1.807) is 0 Å². The molecule has 1 saturated heterocycles. The van der Waals surface area contributed by atoms with Gasteiger partial charge in [0.1, 0.15) is 0 Å². The summed E-state index contributed by atoms with van der Waals surface area (Å²) in [4.78, 5) is 19.7. The summed E-state index contributed by atoms with van der Waals surface area (Å²) in [7, 11) is 0. The Balaban J connectivity index is 1.41. The number of hydrogen-bond acceptors (Lipinski definition) is 4. The van der Waals surface area contributed by atoms with Crippen molar-refractivity contribution >= 4 is 5.91 Å². The van der Waals surface area contributed by atoms with Crippen LogP contribution in [0.5, 0.6) is 0 Å². The molecule has 0 radical (unpaired) electrons. The summed E-state index contributed by atoms with van der Waals surface area (Å²) in [5, 5.41) is 3.89. The van der Waals surface area contributed by atoms with Crippen LogP contribution in [0.25, 0.3) is 0 Å². The van der Waals surface area contributed by atoms with Crippen LogP contribution in [-0.4, -0.2) is 34.0 Å². The van der Waals surface area contributed by atoms with E-state index < -0.39 is 0 Å². The van der Waals surface area contributed by atoms with E-state index in [9.17, 15) is 4.79 Å². The molecule has 1 aliphatic carbocycles. The Kier molecular flexibility index (Phi) is 4.32. The normalized spacial score (nSPS) is 20.3. The molecule has 2 aromatic rings. The first-order valence-corrected chi connectivity index (χ1v) is 9.30. The van der Waals surface area contributed by atoms with Crippen LogP contribution >= 0.6 is 0 Å². The molecule has 1 aromatic carbocycles. The van der Waals surface area contributed by atoms with Gasteiger partial charge in [-0.2, -0.15) is 4.98 Å². The summed E-state index contributed by atoms with van der Waals surface area (Å²) < 4.78 is 5.31. The van der Waals surface area contributed by atoms with Crippen molar-refractivity contribution in [1.82, 2.24) is 15.0 Å². The number of piperidine rings is 1. The highest BCUT2D eigenvalue weighted by Crippen LogP contribution is 2.46. The fraction of sp³-hybridized carbons (Fsp3) is 0.550. The Morgan fingerprint density at radius 3 is 2.52 bits per heavy atom. The number of rotatable bonds is 4. The van der Waals surface area contributed by atoms with Gasteiger partial charge in [0.2, 0.25) is 11.8 Å². The SMILES string of the molecule is Cc1noc(C2CCN(C(=O)C3(Cc4ccccc4)CCC3)CC2)n1. The monoisotopic (exact) mass is 339 g/mol. The minimum absolute atomic E-state index is 0.171. The third kappa shape index (κ3) is 3.20. The zero-order chi connectivity index (χ0) is 17.3. The molecule has 1 aliphatic heterocycles. The molecule has 132 valence electrons. The molecule has 1 saturated carbocycles. The van der Waals surface area contributed by atoms with Gasteiger partial charge < -0.3 is 9.42 Å². The van der Waals surface area contributed by atoms with Gasteiger partial charge in [-0.1, -0.05) is 41.9 Å². The van der Waals surface area contributed by atoms with Gasteiger partial charge in [0, 0.05) is 19.0 Å². The maximum Gasteiger partial charge on any atom is 0.229 e. The van der Waals surface area contributed by atoms with Crippen molar-refractivity contribution in [3.8, 4) is 0 Å². The summed E-state index contributed by atoms with van der Waals surface area (Å²) in [6.45, 7) is 3.43. The molecular formula is C20H25N3O2. The van der Waals surface area contributed by atoms with Crippen LogP contribution in [-0.2, 0) is 11.2 Å². The van der Waals surface area contributed by atoms with E-state index in [2.05, 4.69) is 39.3 Å². The molecule has 0 unspecified atom stereocenters. The minimum atomic E-state index is -0.171. The number of nitrogens with zero attached hydrogens (tertiary/aromatic N) is 3. The highest BCUT2D eigenvalue weighted by atomic mass is 16.5. The summed E-state index contributed by atoms with van der Waals surface area (Å²) in [6, 6.07) is 10.4. The number of amides is 1. The van der Waals surface area contributed by atoms with E-state index in [1.165, 1.54) is 5.56 Å². The van der Waals surface area contributed by atoms with Crippen molar-refractivity contribution in [2.45, 2.75) is 51.4 Å². The molecule has 2 fully saturated rings. The van der Waals surface area contributed by atoms with E-state index >= 15 is 0 Å². The lowest BCUT2D eigenvalue weighted by atomic mass is 9.64. The first-order chi connectivity index (χ1) is 12.2. The van der Waals surface area contributed by atoms with Gasteiger partial charge in [0.15, 0.2) is 5.82 Å². The van der Waals surface area contributed by atoms with E-state index in [0.717, 1.165) is 57.5 Å². The number of hydrogen-bond donors (Lipinski definition) is 0. The maximum absolute atomic E-state index is 13.2. The molecule has 0 atom stereocenters. The predicted octanol–water partition coefficient (Wildman–Crippen LogP) is 3.50. The summed E-state index contributed by atoms with van der Waals surface area (Å²) in [6.07, 6.45) is 5.89. The highest BCUT2D eigenvalue weighted by Gasteiger charge is 2.46. The van der Waals surface area contributed by atoms with E-state index in [-0.39, 0.29) is 11.3 Å². The Morgan fingerprint density at radius 2 is 1.96 bits per heavy atom. The van der Waals surface area contributed by atoms with Crippen molar-refractivity contribution in [2.24, 2.45) is 5.41 Å². The Morgan fingerprint density at radius 1 is 1.24 bits per heavy atom. The van der Waals surface area contributed by atoms with Crippen molar-refractivity contribution in [1.29, 1.82) is 0 Å². The quantitative estimate of drug-likeness (QED) is 0.855. The van der Waals surface area contributed by atoms with E-state index in [1.807, 2.05) is 13.0 Å². The first-order valence-electron chi connectivity index (χ1n) is 9.30. The molecule has 5 heteroatoms. The van der Waals surface area contributed by atoms with Crippen molar-refractivity contribution in [3.05, 3.63) is 47.6 Å². The number of aryl methyl sites for hydroxylation is 1. The number of carbonyl (C=O) groups is 1. The zero-order valence-electron chi connectivity index (χ0n) is 14.8. The molecular weight excluding hydrogens is 314 g/mol. The van der Waals surface area contributed by atoms with Crippen LogP contribution in [0.4, 0.5) is 0 Å². The third-order valence-corrected chi connectivity index (χ3v) is 5.82. The van der Waals surface area contributed by atoms with Crippen LogP contribution < -0.4 is 0 Å². The van der Waals surface area contributed by atoms with Gasteiger partial charge in [-0.25, -0.2) is 0 Å². The van der Waals surface area contributed by atoms with Crippen molar-refractivity contribution < 1.29 is 9.32 Å². The molecule has 25 heavy (non-hydrogen) atoms. The molecule has 0 bridgehead atoms. The molecule has 5 nitrogen and oxygen atoms in total. The maximum atomic E-state index is 13.2. The number of likely N-dealkylation sites (tertiary alicyclic amines) is 1. The second-order valence-corrected chi connectivity index (χ2v) is 7.54. The number of aromatic nitrogens is 2. The molecule has 4 rings (SSSR count). The van der Waals surface area contributed by atoms with Crippen LogP contribution in [0.3, 0.4) is 0 Å². The minimum Gasteiger partial charge on any atom is -0.342 e. The largest absolute Gasteiger partial charge is 0.342 e. The van der Waals surface area contributed by atoms with Gasteiger partial charge in [0.25, 0.3) is 0 Å². The predicted molar refractivity (Wildman–Crippen MR) is 94.0 cm³/mol. The molecule has 2 aliphatic rings. The first kappa shape index (κ1) is 16.3. The average molecular weight is 339 g/mol. The van der Waals surface area contributed by atoms with Gasteiger partial charge in [-0.15, -0.1) is 0 Å². The van der Waals surface area contributed by atoms with Crippen molar-refractivity contribution in [2.75, 3.05) is 13.1 Å². The Hall–Kier alpha value is -2.17. The fourth-order valence-corrected chi connectivity index (χ4v) is 4.20. The van der Waals surface area contributed by atoms with E-state index in [4.69, 9.17) is 4.52 Å². The lowest BCUT2D eigenvalue weighted by molar-refractivity contribution is -0.148. The summed E-state index contributed by atoms with van der Waals surface area (Å²) in [5.74, 6) is 2.05. The molecule has 0 N–H and O–H groups in total. The molecule has 2 heterocycles. The molecule has 1 aromatic heterocycles. The van der Waals surface area contributed by atoms with Crippen LogP contribution in [0.2, 0.25) is 0 Å². The summed E-state index contributed by atoms with van der Waals surface area (Å²) >= 11 is 0. The molecule has 0 spiro atoms. The second-order valence-electron chi connectivity index (χ2n) is 7.54. The molecule has 1 amide bonds. The lowest BCUT2D eigenvalue weighted by Crippen LogP contribution is -2.51. The zero-order valence-corrected chi connectivity index (χ0v) is 14.8. The summed E-state index contributed by atoms with van der Waals surface area (Å²) in [5.41, 5.74) is 1.10. The van der Waals surface area contributed by atoms with Gasteiger partial charge in [-0.3, -0.25) is 4.79 Å². The average Bonchev–Trinajstić information content (AvgIpc) is 3.05.